The third-order valence-corrected chi connectivity index (χ3v) is 145. The Morgan fingerprint density at radius 3 is 1.18 bits per heavy atom. The molecule has 0 heterocycles. The summed E-state index contributed by atoms with van der Waals surface area (Å²) in [5.41, 5.74) is 0. The van der Waals surface area contributed by atoms with Gasteiger partial charge in [-0.1, -0.05) is 137 Å². The number of aldehydes is 1. The molecule has 0 unspecified atom stereocenters. The van der Waals surface area contributed by atoms with Gasteiger partial charge in [-0.2, -0.15) is 0 Å². The zero-order valence-corrected chi connectivity index (χ0v) is 38.5. The van der Waals surface area contributed by atoms with Crippen LogP contribution in [0.1, 0.15) is 44.9 Å². The van der Waals surface area contributed by atoms with E-state index < -0.39 is 59.3 Å². The summed E-state index contributed by atoms with van der Waals surface area (Å²) >= 11 is 0. The first kappa shape index (κ1) is 39.3. The van der Waals surface area contributed by atoms with Gasteiger partial charge in [0.05, 0.1) is 51.7 Å². The second-order valence-electron chi connectivity index (χ2n) is 19.3. The minimum absolute atomic E-state index is 0.0258. The molecule has 11 heteroatoms. The van der Waals surface area contributed by atoms with Crippen LogP contribution in [0.4, 0.5) is 0 Å². The molecule has 0 bridgehead atoms. The molecule has 238 valence electrons. The summed E-state index contributed by atoms with van der Waals surface area (Å²) in [5, 5.41) is 0. The number of hydrogen-bond donors (Lipinski definition) is 0. The lowest BCUT2D eigenvalue weighted by Crippen LogP contribution is -2.85. The quantitative estimate of drug-likeness (QED) is 0.127. The molecule has 2 atom stereocenters. The Hall–Kier alpha value is 1.33. The van der Waals surface area contributed by atoms with Gasteiger partial charge < -0.3 is 13.6 Å². The average Bonchev–Trinajstić information content (AvgIpc) is 2.69. The van der Waals surface area contributed by atoms with Crippen molar-refractivity contribution >= 4 is 65.6 Å². The van der Waals surface area contributed by atoms with E-state index in [2.05, 4.69) is 118 Å². The van der Waals surface area contributed by atoms with E-state index in [1.807, 2.05) is 0 Å². The van der Waals surface area contributed by atoms with Crippen molar-refractivity contribution in [1.29, 1.82) is 0 Å². The Morgan fingerprint density at radius 1 is 0.550 bits per heavy atom. The third-order valence-electron chi connectivity index (χ3n) is 10.0. The lowest BCUT2D eigenvalue weighted by atomic mass is 9.83. The molecule has 0 aromatic heterocycles. The second kappa shape index (κ2) is 13.4. The zero-order valence-electron chi connectivity index (χ0n) is 30.5. The van der Waals surface area contributed by atoms with Gasteiger partial charge in [0.15, 0.2) is 13.7 Å². The van der Waals surface area contributed by atoms with Gasteiger partial charge >= 0.3 is 0 Å². The number of hydrogen-bond acceptors (Lipinski definition) is 3. The van der Waals surface area contributed by atoms with Crippen molar-refractivity contribution in [3.63, 3.8) is 0 Å². The molecule has 1 fully saturated rings. The molecule has 0 aromatic rings. The predicted octanol–water partition coefficient (Wildman–Crippen LogP) is 9.71. The fraction of sp³-hybridized carbons (Fsp3) is 0.966. The molecule has 0 spiro atoms. The molecule has 1 rings (SSSR count). The molecule has 0 radical (unpaired) electrons. The summed E-state index contributed by atoms with van der Waals surface area (Å²) in [7, 11) is -9.59. The number of carbonyl (C=O) groups excluding carboxylic acids is 1. The van der Waals surface area contributed by atoms with E-state index in [9.17, 15) is 4.79 Å². The molecule has 3 nitrogen and oxygen atoms in total. The van der Waals surface area contributed by atoms with Gasteiger partial charge in [0.25, 0.3) is 0 Å². The maximum atomic E-state index is 12.3. The van der Waals surface area contributed by atoms with Crippen molar-refractivity contribution in [2.45, 2.75) is 175 Å². The molecular weight excluding hydrogens is 621 g/mol. The van der Waals surface area contributed by atoms with E-state index in [1.54, 1.807) is 0 Å². The minimum Gasteiger partial charge on any atom is -0.423 e. The molecule has 40 heavy (non-hydrogen) atoms. The molecule has 1 aliphatic carbocycles. The largest absolute Gasteiger partial charge is 0.423 e. The van der Waals surface area contributed by atoms with Crippen LogP contribution in [0.2, 0.25) is 118 Å². The summed E-state index contributed by atoms with van der Waals surface area (Å²) in [6, 6.07) is 0. The van der Waals surface area contributed by atoms with Crippen molar-refractivity contribution in [2.24, 2.45) is 5.92 Å². The molecule has 0 amide bonds. The number of rotatable bonds is 15. The highest BCUT2D eigenvalue weighted by Gasteiger charge is 2.66. The SMILES string of the molecule is C[Si](C)(C)[Si](O[C@H](CC=O)C[C@@H](O[Si]([Si](C)(C)C)([Si](C)(C)C)[Si](C)(C)C)C1CCCCC1)([Si](C)(C)C)[Si](C)(C)C. The summed E-state index contributed by atoms with van der Waals surface area (Å²) < 4.78 is 15.9. The smallest absolute Gasteiger partial charge is 0.158 e. The summed E-state index contributed by atoms with van der Waals surface area (Å²) in [4.78, 5) is 12.3. The fourth-order valence-electron chi connectivity index (χ4n) is 10.7. The van der Waals surface area contributed by atoms with Gasteiger partial charge in [-0.25, -0.2) is 0 Å². The first-order valence-corrected chi connectivity index (χ1v) is 47.2. The van der Waals surface area contributed by atoms with Crippen LogP contribution in [0, 0.1) is 5.92 Å². The van der Waals surface area contributed by atoms with Crippen molar-refractivity contribution in [3.05, 3.63) is 0 Å². The maximum Gasteiger partial charge on any atom is 0.158 e. The van der Waals surface area contributed by atoms with E-state index in [4.69, 9.17) is 8.85 Å². The topological polar surface area (TPSA) is 35.5 Å². The van der Waals surface area contributed by atoms with Crippen LogP contribution < -0.4 is 0 Å². The van der Waals surface area contributed by atoms with Gasteiger partial charge in [-0.3, -0.25) is 0 Å². The normalized spacial score (nSPS) is 19.4. The molecule has 0 aliphatic heterocycles. The van der Waals surface area contributed by atoms with E-state index in [-0.39, 0.29) is 12.2 Å². The van der Waals surface area contributed by atoms with Crippen molar-refractivity contribution in [3.8, 4) is 0 Å². The van der Waals surface area contributed by atoms with Crippen LogP contribution in [0.5, 0.6) is 0 Å². The minimum atomic E-state index is -2.05. The third kappa shape index (κ3) is 8.12. The maximum absolute atomic E-state index is 12.3. The Bertz CT molecular complexity index is 745. The van der Waals surface area contributed by atoms with Crippen LogP contribution in [0.3, 0.4) is 0 Å². The van der Waals surface area contributed by atoms with Crippen LogP contribution >= 0.6 is 0 Å². The van der Waals surface area contributed by atoms with E-state index in [0.29, 0.717) is 12.3 Å². The van der Waals surface area contributed by atoms with Crippen LogP contribution in [0.15, 0.2) is 0 Å². The van der Waals surface area contributed by atoms with Crippen molar-refractivity contribution in [2.75, 3.05) is 0 Å². The lowest BCUT2D eigenvalue weighted by molar-refractivity contribution is -0.109. The summed E-state index contributed by atoms with van der Waals surface area (Å²) in [5.74, 6) is 0.629. The first-order chi connectivity index (χ1) is 17.6. The molecule has 0 N–H and O–H groups in total. The van der Waals surface area contributed by atoms with Crippen LogP contribution in [-0.4, -0.2) is 77.8 Å². The van der Waals surface area contributed by atoms with Crippen molar-refractivity contribution in [1.82, 2.24) is 0 Å². The fourth-order valence-corrected chi connectivity index (χ4v) is 199. The second-order valence-corrected chi connectivity index (χ2v) is 98.2. The molecule has 1 saturated carbocycles. The number of carbonyl (C=O) groups is 1. The highest BCUT2D eigenvalue weighted by molar-refractivity contribution is 7.88. The molecule has 1 aliphatic rings. The average molecular weight is 694 g/mol. The highest BCUT2D eigenvalue weighted by atomic mass is 29.9. The first-order valence-electron chi connectivity index (χ1n) is 16.4. The van der Waals surface area contributed by atoms with Gasteiger partial charge in [-0.15, -0.1) is 0 Å². The Kier molecular flexibility index (Phi) is 13.1. The standard InChI is InChI=1S/C29H72O3Si8/c1-33(2,3)39(34(4,5)6,35(7,8)9)31-28(24-25-30)26-29(27-22-20-19-21-23-27)32-40(36(10,11)12,37(13,14)15)38(16,17)18/h25,27-29H,19-24,26H2,1-18H3/t28-,29-/m1/s1. The molecular formula is C29H72O3Si8. The molecule has 0 aromatic carbocycles. The van der Waals surface area contributed by atoms with E-state index in [1.165, 1.54) is 38.4 Å². The van der Waals surface area contributed by atoms with Crippen LogP contribution in [0.25, 0.3) is 0 Å². The zero-order chi connectivity index (χ0) is 31.8. The van der Waals surface area contributed by atoms with E-state index >= 15 is 0 Å². The predicted molar refractivity (Wildman–Crippen MR) is 203 cm³/mol. The summed E-state index contributed by atoms with van der Waals surface area (Å²) in [6.45, 7) is 43.2. The summed E-state index contributed by atoms with van der Waals surface area (Å²) in [6.07, 6.45) is 9.60. The Morgan fingerprint density at radius 2 is 0.875 bits per heavy atom. The van der Waals surface area contributed by atoms with Crippen LogP contribution in [-0.2, 0) is 13.6 Å². The van der Waals surface area contributed by atoms with Gasteiger partial charge in [0.1, 0.15) is 6.29 Å². The Balaban J connectivity index is 3.82. The van der Waals surface area contributed by atoms with E-state index in [0.717, 1.165) is 6.42 Å². The van der Waals surface area contributed by atoms with Gasteiger partial charge in [-0.05, 0) is 25.2 Å². The molecule has 0 saturated heterocycles. The monoisotopic (exact) mass is 692 g/mol. The van der Waals surface area contributed by atoms with Gasteiger partial charge in [0, 0.05) is 12.5 Å². The van der Waals surface area contributed by atoms with Crippen molar-refractivity contribution < 1.29 is 13.6 Å². The highest BCUT2D eigenvalue weighted by Crippen LogP contribution is 2.44. The van der Waals surface area contributed by atoms with Gasteiger partial charge in [0.2, 0.25) is 0 Å². The lowest BCUT2D eigenvalue weighted by Gasteiger charge is -2.59. The Labute approximate surface area is 258 Å².